The van der Waals surface area contributed by atoms with Gasteiger partial charge in [0.05, 0.1) is 27.3 Å². The first-order chi connectivity index (χ1) is 21.1. The van der Waals surface area contributed by atoms with E-state index in [-0.39, 0.29) is 48.6 Å². The van der Waals surface area contributed by atoms with Gasteiger partial charge in [-0.1, -0.05) is 48.4 Å². The van der Waals surface area contributed by atoms with Gasteiger partial charge in [0.25, 0.3) is 11.5 Å². The summed E-state index contributed by atoms with van der Waals surface area (Å²) in [6, 6.07) is 17.4. The molecule has 1 saturated heterocycles. The first-order valence-corrected chi connectivity index (χ1v) is 16.4. The second kappa shape index (κ2) is 13.6. The highest BCUT2D eigenvalue weighted by Crippen LogP contribution is 2.22. The quantitative estimate of drug-likeness (QED) is 0.243. The predicted octanol–water partition coefficient (Wildman–Crippen LogP) is 3.98. The number of aryl methyl sites for hydroxylation is 1. The molecule has 0 spiro atoms. The molecule has 1 unspecified atom stereocenters. The van der Waals surface area contributed by atoms with Crippen LogP contribution in [0.5, 0.6) is 0 Å². The number of aromatic amines is 1. The molecule has 230 valence electrons. The molecule has 2 heterocycles. The number of ketones is 1. The second-order valence-corrected chi connectivity index (χ2v) is 13.3. The molecule has 0 bridgehead atoms. The highest BCUT2D eigenvalue weighted by Gasteiger charge is 2.33. The highest BCUT2D eigenvalue weighted by atomic mass is 32.2. The molecule has 11 heteroatoms. The van der Waals surface area contributed by atoms with Gasteiger partial charge in [0, 0.05) is 37.9 Å². The van der Waals surface area contributed by atoms with Crippen molar-refractivity contribution in [1.82, 2.24) is 20.4 Å². The predicted molar refractivity (Wildman–Crippen MR) is 166 cm³/mol. The van der Waals surface area contributed by atoms with Crippen LogP contribution in [-0.2, 0) is 21.1 Å². The summed E-state index contributed by atoms with van der Waals surface area (Å²) >= 11 is 0. The number of carbonyl (C=O) groups excluding carboxylic acids is 2. The lowest BCUT2D eigenvalue weighted by atomic mass is 9.99. The first-order valence-electron chi connectivity index (χ1n) is 14.7. The van der Waals surface area contributed by atoms with E-state index >= 15 is 4.39 Å². The van der Waals surface area contributed by atoms with Gasteiger partial charge in [-0.25, -0.2) is 17.9 Å². The monoisotopic (exact) mass is 618 g/mol. The van der Waals surface area contributed by atoms with E-state index in [9.17, 15) is 22.8 Å². The minimum absolute atomic E-state index is 0.000157. The number of hydrogen-bond donors (Lipinski definition) is 2. The molecule has 1 aliphatic heterocycles. The topological polar surface area (TPSA) is 129 Å². The zero-order valence-corrected chi connectivity index (χ0v) is 25.3. The van der Waals surface area contributed by atoms with E-state index in [0.717, 1.165) is 5.56 Å². The van der Waals surface area contributed by atoms with Crippen molar-refractivity contribution in [3.8, 4) is 0 Å². The summed E-state index contributed by atoms with van der Waals surface area (Å²) in [6.45, 7) is 2.88. The number of H-pyrrole nitrogens is 1. The smallest absolute Gasteiger partial charge is 0.272 e. The molecule has 2 N–H and O–H groups in total. The molecule has 0 saturated carbocycles. The molecule has 44 heavy (non-hydrogen) atoms. The molecule has 3 aromatic carbocycles. The third-order valence-electron chi connectivity index (χ3n) is 8.00. The molecule has 1 amide bonds. The Morgan fingerprint density at radius 2 is 1.75 bits per heavy atom. The van der Waals surface area contributed by atoms with Gasteiger partial charge < -0.3 is 10.2 Å². The van der Waals surface area contributed by atoms with E-state index in [1.54, 1.807) is 54.6 Å². The van der Waals surface area contributed by atoms with Crippen LogP contribution in [-0.4, -0.2) is 66.6 Å². The van der Waals surface area contributed by atoms with Crippen LogP contribution in [0, 0.1) is 12.7 Å². The number of Topliss-reactive ketones (excluding diaryl/α,β-unsaturated/α-hetero) is 1. The number of piperazine rings is 1. The molecule has 4 aromatic rings. The fourth-order valence-corrected chi connectivity index (χ4v) is 6.90. The number of benzene rings is 3. The fourth-order valence-electron chi connectivity index (χ4n) is 5.53. The molecule has 1 fully saturated rings. The number of sulfone groups is 1. The van der Waals surface area contributed by atoms with Gasteiger partial charge in [-0.05, 0) is 55.7 Å². The zero-order valence-electron chi connectivity index (χ0n) is 24.5. The Morgan fingerprint density at radius 3 is 2.52 bits per heavy atom. The lowest BCUT2D eigenvalue weighted by Gasteiger charge is -2.35. The van der Waals surface area contributed by atoms with Crippen LogP contribution in [0.4, 0.5) is 4.39 Å². The van der Waals surface area contributed by atoms with E-state index in [1.807, 2.05) is 6.92 Å². The van der Waals surface area contributed by atoms with Crippen molar-refractivity contribution >= 4 is 32.3 Å². The molecule has 5 rings (SSSR count). The Labute approximate surface area is 255 Å². The molecule has 0 radical (unpaired) electrons. The minimum atomic E-state index is -3.39. The summed E-state index contributed by atoms with van der Waals surface area (Å²) in [5.74, 6) is -1.39. The van der Waals surface area contributed by atoms with E-state index in [2.05, 4.69) is 15.5 Å². The average molecular weight is 619 g/mol. The third kappa shape index (κ3) is 7.11. The van der Waals surface area contributed by atoms with Crippen LogP contribution in [0.3, 0.4) is 0 Å². The summed E-state index contributed by atoms with van der Waals surface area (Å²) < 4.78 is 40.2. The summed E-state index contributed by atoms with van der Waals surface area (Å²) in [6.07, 6.45) is 1.92. The summed E-state index contributed by atoms with van der Waals surface area (Å²) in [5, 5.41) is 11.0. The number of hydrogen-bond acceptors (Lipinski definition) is 7. The lowest BCUT2D eigenvalue weighted by molar-refractivity contribution is -0.124. The number of halogens is 1. The van der Waals surface area contributed by atoms with Crippen LogP contribution in [0.15, 0.2) is 76.4 Å². The van der Waals surface area contributed by atoms with Gasteiger partial charge in [0.1, 0.15) is 11.9 Å². The van der Waals surface area contributed by atoms with Crippen LogP contribution >= 0.6 is 0 Å². The van der Waals surface area contributed by atoms with Gasteiger partial charge in [-0.3, -0.25) is 14.4 Å². The largest absolute Gasteiger partial charge is 0.326 e. The minimum Gasteiger partial charge on any atom is -0.326 e. The maximum atomic E-state index is 15.0. The van der Waals surface area contributed by atoms with Crippen molar-refractivity contribution in [2.24, 2.45) is 0 Å². The van der Waals surface area contributed by atoms with Crippen molar-refractivity contribution in [2.75, 3.05) is 25.4 Å². The van der Waals surface area contributed by atoms with Crippen LogP contribution in [0.25, 0.3) is 10.8 Å². The molecule has 1 aliphatic rings. The molecular weight excluding hydrogens is 583 g/mol. The molecule has 0 aliphatic carbocycles. The van der Waals surface area contributed by atoms with Crippen molar-refractivity contribution < 1.29 is 22.4 Å². The summed E-state index contributed by atoms with van der Waals surface area (Å²) in [4.78, 5) is 40.7. The summed E-state index contributed by atoms with van der Waals surface area (Å²) in [5.41, 5.74) is 1.78. The maximum Gasteiger partial charge on any atom is 0.272 e. The number of nitrogens with one attached hydrogen (secondary N) is 2. The number of nitrogens with zero attached hydrogens (tertiary/aromatic N) is 2. The fraction of sp³-hybridized carbons (Fsp3) is 0.333. The average Bonchev–Trinajstić information content (AvgIpc) is 3.03. The van der Waals surface area contributed by atoms with Crippen LogP contribution in [0.1, 0.15) is 52.9 Å². The molecular formula is C33H35FN4O5S. The van der Waals surface area contributed by atoms with E-state index < -0.39 is 27.6 Å². The zero-order chi connectivity index (χ0) is 31.3. The Morgan fingerprint density at radius 1 is 1.00 bits per heavy atom. The molecule has 1 aromatic heterocycles. The van der Waals surface area contributed by atoms with E-state index in [0.29, 0.717) is 52.7 Å². The number of fused-ring (bicyclic) bond motifs is 1. The van der Waals surface area contributed by atoms with Gasteiger partial charge in [0.2, 0.25) is 0 Å². The Hall–Kier alpha value is -4.22. The number of rotatable bonds is 11. The Kier molecular flexibility index (Phi) is 9.65. The Bertz CT molecular complexity index is 1840. The molecule has 1 atom stereocenters. The number of carbonyl (C=O) groups is 2. The van der Waals surface area contributed by atoms with Crippen LogP contribution in [0.2, 0.25) is 0 Å². The number of unbranched alkanes of at least 4 members (excludes halogenated alkanes) is 2. The van der Waals surface area contributed by atoms with E-state index in [1.165, 1.54) is 17.0 Å². The third-order valence-corrected chi connectivity index (χ3v) is 9.82. The second-order valence-electron chi connectivity index (χ2n) is 11.2. The van der Waals surface area contributed by atoms with Gasteiger partial charge in [0.15, 0.2) is 15.6 Å². The highest BCUT2D eigenvalue weighted by molar-refractivity contribution is 7.91. The first kappa shape index (κ1) is 31.2. The van der Waals surface area contributed by atoms with E-state index in [4.69, 9.17) is 0 Å². The van der Waals surface area contributed by atoms with Gasteiger partial charge >= 0.3 is 0 Å². The van der Waals surface area contributed by atoms with Gasteiger partial charge in [-0.15, -0.1) is 0 Å². The summed E-state index contributed by atoms with van der Waals surface area (Å²) in [7, 11) is -3.39. The normalized spacial score (nSPS) is 15.4. The standard InChI is InChI=1S/C33H35FN4O5S/c1-22-10-13-24(14-11-22)44(42,43)18-6-2-3-9-31(39)30-21-35-16-17-38(30)33(41)27-19-23(12-15-28(27)34)20-29-25-7-4-5-8-26(25)32(40)37-36-29/h4-5,7-8,10-15,19,30,35H,2-3,6,9,16-18,20-21H2,1H3,(H,37,40). The SMILES string of the molecule is Cc1ccc(S(=O)(=O)CCCCCC(=O)C2CNCCN2C(=O)c2cc(Cc3n[nH]c(=O)c4ccccc34)ccc2F)cc1. The van der Waals surface area contributed by atoms with Crippen molar-refractivity contribution in [3.05, 3.63) is 105 Å². The maximum absolute atomic E-state index is 15.0. The lowest BCUT2D eigenvalue weighted by Crippen LogP contribution is -2.57. The van der Waals surface area contributed by atoms with Crippen molar-refractivity contribution in [1.29, 1.82) is 0 Å². The Balaban J connectivity index is 1.22. The number of aromatic nitrogens is 2. The van der Waals surface area contributed by atoms with Crippen molar-refractivity contribution in [3.63, 3.8) is 0 Å². The number of amides is 1. The molecule has 9 nitrogen and oxygen atoms in total. The van der Waals surface area contributed by atoms with Gasteiger partial charge in [-0.2, -0.15) is 5.10 Å². The van der Waals surface area contributed by atoms with Crippen LogP contribution < -0.4 is 10.9 Å². The van der Waals surface area contributed by atoms with Crippen molar-refractivity contribution in [2.45, 2.75) is 50.0 Å².